The third kappa shape index (κ3) is 6.39. The molecule has 4 rings (SSSR count). The number of nitrogens with zero attached hydrogens (tertiary/aromatic N) is 1. The van der Waals surface area contributed by atoms with Gasteiger partial charge in [0.05, 0.1) is 0 Å². The molecule has 1 atom stereocenters. The van der Waals surface area contributed by atoms with Crippen LogP contribution in [0, 0.1) is 5.92 Å². The molecule has 5 heteroatoms. The Morgan fingerprint density at radius 1 is 0.926 bits per heavy atom. The average Bonchev–Trinajstić information content (AvgIpc) is 3.51. The highest BCUT2D eigenvalue weighted by atomic mass is 35.5. The van der Waals surface area contributed by atoms with Gasteiger partial charge in [-0.3, -0.25) is 4.90 Å². The van der Waals surface area contributed by atoms with E-state index in [9.17, 15) is 0 Å². The molecule has 2 aromatic carbocycles. The Bertz CT molecular complexity index is 656. The van der Waals surface area contributed by atoms with Crippen LogP contribution in [0.3, 0.4) is 0 Å². The first-order chi connectivity index (χ1) is 12.4. The van der Waals surface area contributed by atoms with Crippen LogP contribution in [-0.4, -0.2) is 31.1 Å². The smallest absolute Gasteiger partial charge is 0.119 e. The summed E-state index contributed by atoms with van der Waals surface area (Å²) >= 11 is 0. The fourth-order valence-corrected chi connectivity index (χ4v) is 3.69. The first-order valence-corrected chi connectivity index (χ1v) is 9.60. The van der Waals surface area contributed by atoms with Gasteiger partial charge < -0.3 is 10.1 Å². The molecule has 27 heavy (non-hydrogen) atoms. The molecule has 0 spiro atoms. The Balaban J connectivity index is 0.00000131. The number of piperazine rings is 1. The van der Waals surface area contributed by atoms with Gasteiger partial charge in [-0.15, -0.1) is 24.8 Å². The van der Waals surface area contributed by atoms with Gasteiger partial charge in [0.2, 0.25) is 0 Å². The van der Waals surface area contributed by atoms with Crippen molar-refractivity contribution in [3.05, 3.63) is 65.7 Å². The maximum absolute atomic E-state index is 5.94. The van der Waals surface area contributed by atoms with E-state index in [1.54, 1.807) is 0 Å². The van der Waals surface area contributed by atoms with Crippen molar-refractivity contribution >= 4 is 24.8 Å². The van der Waals surface area contributed by atoms with E-state index >= 15 is 0 Å². The molecule has 1 saturated carbocycles. The lowest BCUT2D eigenvalue weighted by Gasteiger charge is -2.35. The predicted octanol–water partition coefficient (Wildman–Crippen LogP) is 4.86. The van der Waals surface area contributed by atoms with Crippen molar-refractivity contribution in [3.8, 4) is 5.75 Å². The summed E-state index contributed by atoms with van der Waals surface area (Å²) in [6, 6.07) is 19.7. The van der Waals surface area contributed by atoms with E-state index in [0.29, 0.717) is 12.6 Å². The highest BCUT2D eigenvalue weighted by Gasteiger charge is 2.30. The molecule has 0 unspecified atom stereocenters. The lowest BCUT2D eigenvalue weighted by molar-refractivity contribution is 0.160. The van der Waals surface area contributed by atoms with Gasteiger partial charge in [-0.05, 0) is 35.6 Å². The van der Waals surface area contributed by atoms with Crippen molar-refractivity contribution in [1.82, 2.24) is 10.2 Å². The van der Waals surface area contributed by atoms with Gasteiger partial charge in [-0.1, -0.05) is 55.3 Å². The van der Waals surface area contributed by atoms with Crippen molar-refractivity contribution in [3.63, 3.8) is 0 Å². The van der Waals surface area contributed by atoms with E-state index in [2.05, 4.69) is 58.7 Å². The van der Waals surface area contributed by atoms with Crippen LogP contribution in [0.5, 0.6) is 5.75 Å². The van der Waals surface area contributed by atoms with Crippen molar-refractivity contribution < 1.29 is 4.74 Å². The highest BCUT2D eigenvalue weighted by molar-refractivity contribution is 5.85. The van der Waals surface area contributed by atoms with E-state index in [1.807, 2.05) is 6.07 Å². The molecule has 1 aliphatic heterocycles. The second-order valence-corrected chi connectivity index (χ2v) is 7.32. The molecule has 0 aromatic heterocycles. The SMILES string of the molecule is Cl.Cl.c1ccc(COc2ccc([C@@H](CC3CC3)N3CCNCC3)cc2)cc1. The van der Waals surface area contributed by atoms with Crippen LogP contribution in [0.4, 0.5) is 0 Å². The van der Waals surface area contributed by atoms with Crippen LogP contribution >= 0.6 is 24.8 Å². The lowest BCUT2D eigenvalue weighted by Crippen LogP contribution is -2.45. The van der Waals surface area contributed by atoms with Crippen LogP contribution in [0.15, 0.2) is 54.6 Å². The van der Waals surface area contributed by atoms with Crippen LogP contribution in [-0.2, 0) is 6.61 Å². The van der Waals surface area contributed by atoms with E-state index in [-0.39, 0.29) is 24.8 Å². The molecule has 1 N–H and O–H groups in total. The molecule has 0 amide bonds. The normalized spacial score (nSPS) is 18.1. The minimum Gasteiger partial charge on any atom is -0.489 e. The zero-order valence-electron chi connectivity index (χ0n) is 15.7. The third-order valence-electron chi connectivity index (χ3n) is 5.36. The number of nitrogens with one attached hydrogen (secondary N) is 1. The van der Waals surface area contributed by atoms with Crippen LogP contribution in [0.25, 0.3) is 0 Å². The second kappa shape index (κ2) is 10.9. The summed E-state index contributed by atoms with van der Waals surface area (Å²) in [7, 11) is 0. The average molecular weight is 409 g/mol. The number of rotatable bonds is 7. The maximum Gasteiger partial charge on any atom is 0.119 e. The minimum absolute atomic E-state index is 0. The summed E-state index contributed by atoms with van der Waals surface area (Å²) < 4.78 is 5.94. The topological polar surface area (TPSA) is 24.5 Å². The molecule has 0 radical (unpaired) electrons. The van der Waals surface area contributed by atoms with E-state index < -0.39 is 0 Å². The number of ether oxygens (including phenoxy) is 1. The van der Waals surface area contributed by atoms with E-state index in [4.69, 9.17) is 4.74 Å². The Morgan fingerprint density at radius 2 is 1.59 bits per heavy atom. The fraction of sp³-hybridized carbons (Fsp3) is 0.455. The van der Waals surface area contributed by atoms with Crippen molar-refractivity contribution in [1.29, 1.82) is 0 Å². The number of hydrogen-bond donors (Lipinski definition) is 1. The summed E-state index contributed by atoms with van der Waals surface area (Å²) in [5.41, 5.74) is 2.65. The molecule has 3 nitrogen and oxygen atoms in total. The number of halogens is 2. The molecule has 2 aromatic rings. The molecule has 2 fully saturated rings. The lowest BCUT2D eigenvalue weighted by atomic mass is 9.98. The molecule has 1 aliphatic carbocycles. The van der Waals surface area contributed by atoms with Crippen molar-refractivity contribution in [2.45, 2.75) is 31.9 Å². The standard InChI is InChI=1S/C22H28N2O.2ClH/c1-2-4-19(5-3-1)17-25-21-10-8-20(9-11-21)22(16-18-6-7-18)24-14-12-23-13-15-24;;/h1-5,8-11,18,22-23H,6-7,12-17H2;2*1H/t22-;;/m1../s1. The Morgan fingerprint density at radius 3 is 2.22 bits per heavy atom. The van der Waals surface area contributed by atoms with Crippen LogP contribution < -0.4 is 10.1 Å². The third-order valence-corrected chi connectivity index (χ3v) is 5.36. The largest absolute Gasteiger partial charge is 0.489 e. The maximum atomic E-state index is 5.94. The van der Waals surface area contributed by atoms with Gasteiger partial charge in [0.25, 0.3) is 0 Å². The van der Waals surface area contributed by atoms with Crippen molar-refractivity contribution in [2.75, 3.05) is 26.2 Å². The first-order valence-electron chi connectivity index (χ1n) is 9.60. The summed E-state index contributed by atoms with van der Waals surface area (Å²) in [5.74, 6) is 1.90. The molecule has 1 saturated heterocycles. The first kappa shape index (κ1) is 22.0. The molecule has 0 bridgehead atoms. The minimum atomic E-state index is 0. The predicted molar refractivity (Wildman–Crippen MR) is 116 cm³/mol. The van der Waals surface area contributed by atoms with Crippen molar-refractivity contribution in [2.24, 2.45) is 5.92 Å². The van der Waals surface area contributed by atoms with Gasteiger partial charge in [0.15, 0.2) is 0 Å². The van der Waals surface area contributed by atoms with Crippen LogP contribution in [0.1, 0.15) is 36.4 Å². The zero-order valence-corrected chi connectivity index (χ0v) is 17.3. The fourth-order valence-electron chi connectivity index (χ4n) is 3.69. The summed E-state index contributed by atoms with van der Waals surface area (Å²) in [5, 5.41) is 3.47. The Hall–Kier alpha value is -1.26. The van der Waals surface area contributed by atoms with E-state index in [0.717, 1.165) is 37.8 Å². The molecule has 148 valence electrons. The number of benzene rings is 2. The second-order valence-electron chi connectivity index (χ2n) is 7.32. The molecular weight excluding hydrogens is 379 g/mol. The Kier molecular flexibility index (Phi) is 8.91. The quantitative estimate of drug-likeness (QED) is 0.707. The van der Waals surface area contributed by atoms with Gasteiger partial charge in [0, 0.05) is 32.2 Å². The van der Waals surface area contributed by atoms with E-state index in [1.165, 1.54) is 30.4 Å². The summed E-state index contributed by atoms with van der Waals surface area (Å²) in [4.78, 5) is 2.66. The summed E-state index contributed by atoms with van der Waals surface area (Å²) in [6.07, 6.45) is 4.14. The van der Waals surface area contributed by atoms with Crippen LogP contribution in [0.2, 0.25) is 0 Å². The summed E-state index contributed by atoms with van der Waals surface area (Å²) in [6.45, 7) is 5.16. The van der Waals surface area contributed by atoms with Gasteiger partial charge in [-0.2, -0.15) is 0 Å². The molecular formula is C22H30Cl2N2O. The highest BCUT2D eigenvalue weighted by Crippen LogP contribution is 2.40. The molecule has 1 heterocycles. The zero-order chi connectivity index (χ0) is 16.9. The van der Waals surface area contributed by atoms with Gasteiger partial charge >= 0.3 is 0 Å². The Labute approximate surface area is 175 Å². The van der Waals surface area contributed by atoms with Gasteiger partial charge in [-0.25, -0.2) is 0 Å². The monoisotopic (exact) mass is 408 g/mol. The molecule has 2 aliphatic rings. The van der Waals surface area contributed by atoms with Gasteiger partial charge in [0.1, 0.15) is 12.4 Å². The number of hydrogen-bond acceptors (Lipinski definition) is 3.